The molecule has 0 bridgehead atoms. The van der Waals surface area contributed by atoms with E-state index >= 15 is 0 Å². The summed E-state index contributed by atoms with van der Waals surface area (Å²) in [4.78, 5) is 104. The van der Waals surface area contributed by atoms with Gasteiger partial charge in [0.2, 0.25) is 12.4 Å². The Morgan fingerprint density at radius 2 is 1.20 bits per heavy atom. The van der Waals surface area contributed by atoms with Crippen LogP contribution in [0, 0.1) is 16.0 Å². The van der Waals surface area contributed by atoms with Crippen LogP contribution in [0.4, 0.5) is 20.1 Å². The highest BCUT2D eigenvalue weighted by molar-refractivity contribution is 5.97. The van der Waals surface area contributed by atoms with Crippen LogP contribution in [0.3, 0.4) is 0 Å². The number of methoxy groups -OCH3 is 1. The minimum atomic E-state index is -1.63. The molecule has 2 aromatic carbocycles. The highest BCUT2D eigenvalue weighted by Crippen LogP contribution is 2.34. The van der Waals surface area contributed by atoms with Crippen LogP contribution in [-0.4, -0.2) is 174 Å². The van der Waals surface area contributed by atoms with E-state index in [-0.39, 0.29) is 108 Å². The number of benzene rings is 2. The molecule has 0 radical (unpaired) electrons. The number of nitrogens with one attached hydrogen (secondary N) is 1. The lowest BCUT2D eigenvalue weighted by molar-refractivity contribution is -0.384. The van der Waals surface area contributed by atoms with Gasteiger partial charge in [-0.05, 0) is 71.4 Å². The summed E-state index contributed by atoms with van der Waals surface area (Å²) in [7, 11) is 1.12. The van der Waals surface area contributed by atoms with E-state index in [1.54, 1.807) is 41.5 Å². The molecular weight excluding hydrogens is 1010 g/mol. The third-order valence-electron chi connectivity index (χ3n) is 9.63. The Balaban J connectivity index is 1.46. The summed E-state index contributed by atoms with van der Waals surface area (Å²) in [5, 5.41) is 14.1. The molecule has 0 aliphatic carbocycles. The number of nitrogens with zero attached hydrogens (tertiary/aromatic N) is 2. The van der Waals surface area contributed by atoms with Gasteiger partial charge in [-0.1, -0.05) is 18.1 Å². The minimum Gasteiger partial charge on any atom is -0.467 e. The Labute approximate surface area is 439 Å². The number of nitro benzene ring substituents is 1. The highest BCUT2D eigenvalue weighted by atomic mass is 16.8. The second kappa shape index (κ2) is 32.0. The zero-order chi connectivity index (χ0) is 56.4. The van der Waals surface area contributed by atoms with Crippen molar-refractivity contribution < 1.29 is 110 Å². The van der Waals surface area contributed by atoms with E-state index < -0.39 is 95.4 Å². The fourth-order valence-corrected chi connectivity index (χ4v) is 6.40. The normalized spacial score (nSPS) is 17.3. The lowest BCUT2D eigenvalue weighted by atomic mass is 9.90. The molecule has 3 amide bonds. The van der Waals surface area contributed by atoms with E-state index in [9.17, 15) is 43.7 Å². The molecule has 1 aliphatic heterocycles. The Morgan fingerprint density at radius 1 is 0.697 bits per heavy atom. The number of non-ortho nitro benzene ring substituents is 1. The van der Waals surface area contributed by atoms with Gasteiger partial charge in [0.25, 0.3) is 11.6 Å². The van der Waals surface area contributed by atoms with Crippen LogP contribution in [0.25, 0.3) is 0 Å². The lowest BCUT2D eigenvalue weighted by Crippen LogP contribution is -2.60. The van der Waals surface area contributed by atoms with Gasteiger partial charge >= 0.3 is 36.2 Å². The second-order valence-corrected chi connectivity index (χ2v) is 18.2. The number of nitro groups is 1. The van der Waals surface area contributed by atoms with Crippen LogP contribution in [0.1, 0.15) is 78.2 Å². The number of amides is 3. The van der Waals surface area contributed by atoms with Crippen molar-refractivity contribution in [1.82, 2.24) is 10.4 Å². The van der Waals surface area contributed by atoms with Crippen LogP contribution < -0.4 is 14.8 Å². The monoisotopic (exact) mass is 1080 g/mol. The molecule has 27 heteroatoms. The van der Waals surface area contributed by atoms with Crippen molar-refractivity contribution in [3.8, 4) is 11.5 Å². The van der Waals surface area contributed by atoms with Crippen molar-refractivity contribution in [1.29, 1.82) is 0 Å². The Morgan fingerprint density at radius 3 is 1.68 bits per heavy atom. The summed E-state index contributed by atoms with van der Waals surface area (Å²) in [5.74, 6) is -4.17. The lowest BCUT2D eigenvalue weighted by Gasteiger charge is -2.42. The second-order valence-electron chi connectivity index (χ2n) is 18.2. The zero-order valence-electron chi connectivity index (χ0n) is 44.3. The fraction of sp³-hybridized carbons (Fsp3) is 0.612. The molecular formula is C49H69N3O24. The molecule has 1 unspecified atom stereocenters. The van der Waals surface area contributed by atoms with Crippen molar-refractivity contribution in [2.45, 2.75) is 105 Å². The SMILES string of the molecule is COC(=O)[C@H]1O[C@@H](Oc2ccc(COC(=O)Oc3ccc([N+](=O)[O-])cc3)cc2C(=O)NCCOCCOCCOCCOCCOCCON(C(=O)OC(C)(C)C)C(=O)OC(C)(C)C)[C@H](OC(C)=O)C(OC(C)=O)[C@@H]1C. The minimum absolute atomic E-state index is 0.00421. The number of hydrogen-bond donors (Lipinski definition) is 1. The third-order valence-corrected chi connectivity index (χ3v) is 9.63. The van der Waals surface area contributed by atoms with Gasteiger partial charge in [-0.25, -0.2) is 19.2 Å². The molecule has 0 spiro atoms. The molecule has 27 nitrogen and oxygen atoms in total. The van der Waals surface area contributed by atoms with Gasteiger partial charge in [-0.3, -0.25) is 29.3 Å². The number of carbonyl (C=O) groups is 7. The fourth-order valence-electron chi connectivity index (χ4n) is 6.40. The molecule has 3 rings (SSSR count). The summed E-state index contributed by atoms with van der Waals surface area (Å²) < 4.78 is 76.3. The van der Waals surface area contributed by atoms with E-state index in [1.165, 1.54) is 37.3 Å². The first-order valence-corrected chi connectivity index (χ1v) is 23.9. The van der Waals surface area contributed by atoms with Gasteiger partial charge in [0.05, 0.1) is 90.3 Å². The number of hydrogen-bond acceptors (Lipinski definition) is 24. The molecule has 0 saturated carbocycles. The smallest absolute Gasteiger partial charge is 0.467 e. The Hall–Kier alpha value is -6.75. The van der Waals surface area contributed by atoms with E-state index in [0.29, 0.717) is 5.06 Å². The van der Waals surface area contributed by atoms with Gasteiger partial charge < -0.3 is 71.6 Å². The maximum atomic E-state index is 13.8. The Bertz CT molecular complexity index is 2180. The molecule has 5 atom stereocenters. The number of rotatable bonds is 29. The van der Waals surface area contributed by atoms with Crippen molar-refractivity contribution in [2.75, 3.05) is 86.3 Å². The molecule has 2 aromatic rings. The van der Waals surface area contributed by atoms with E-state index in [1.807, 2.05) is 0 Å². The summed E-state index contributed by atoms with van der Waals surface area (Å²) in [6.07, 6.45) is -8.88. The first-order chi connectivity index (χ1) is 35.9. The quantitative estimate of drug-likeness (QED) is 0.0280. The number of imide groups is 1. The predicted molar refractivity (Wildman–Crippen MR) is 259 cm³/mol. The molecule has 1 fully saturated rings. The maximum Gasteiger partial charge on any atom is 0.514 e. The van der Waals surface area contributed by atoms with Gasteiger partial charge in [0, 0.05) is 38.4 Å². The first kappa shape index (κ1) is 63.5. The number of hydroxylamine groups is 2. The third kappa shape index (κ3) is 23.8. The first-order valence-electron chi connectivity index (χ1n) is 23.9. The van der Waals surface area contributed by atoms with Gasteiger partial charge in [0.15, 0.2) is 12.2 Å². The summed E-state index contributed by atoms with van der Waals surface area (Å²) in [6, 6.07) is 8.79. The van der Waals surface area contributed by atoms with Crippen molar-refractivity contribution in [3.63, 3.8) is 0 Å². The molecule has 76 heavy (non-hydrogen) atoms. The average Bonchev–Trinajstić information content (AvgIpc) is 3.33. The molecule has 424 valence electrons. The Kier molecular flexibility index (Phi) is 26.7. The number of ether oxygens (including phenoxy) is 14. The highest BCUT2D eigenvalue weighted by Gasteiger charge is 2.52. The van der Waals surface area contributed by atoms with Crippen LogP contribution in [0.2, 0.25) is 0 Å². The molecule has 1 aliphatic rings. The summed E-state index contributed by atoms with van der Waals surface area (Å²) in [6.45, 7) is 15.1. The van der Waals surface area contributed by atoms with E-state index in [0.717, 1.165) is 33.1 Å². The molecule has 1 saturated heterocycles. The summed E-state index contributed by atoms with van der Waals surface area (Å²) in [5.41, 5.74) is -1.83. The van der Waals surface area contributed by atoms with Crippen molar-refractivity contribution in [3.05, 3.63) is 63.7 Å². The van der Waals surface area contributed by atoms with Crippen LogP contribution in [-0.2, 0) is 82.7 Å². The predicted octanol–water partition coefficient (Wildman–Crippen LogP) is 5.00. The average molecular weight is 1080 g/mol. The summed E-state index contributed by atoms with van der Waals surface area (Å²) >= 11 is 0. The molecule has 0 aromatic heterocycles. The molecule has 1 heterocycles. The van der Waals surface area contributed by atoms with Crippen molar-refractivity contribution >= 4 is 47.8 Å². The van der Waals surface area contributed by atoms with Gasteiger partial charge in [-0.15, -0.1) is 0 Å². The van der Waals surface area contributed by atoms with E-state index in [4.69, 9.17) is 71.2 Å². The van der Waals surface area contributed by atoms with Gasteiger partial charge in [-0.2, -0.15) is 0 Å². The maximum absolute atomic E-state index is 13.8. The van der Waals surface area contributed by atoms with Crippen LogP contribution in [0.15, 0.2) is 42.5 Å². The van der Waals surface area contributed by atoms with E-state index in [2.05, 4.69) is 5.32 Å². The van der Waals surface area contributed by atoms with Crippen LogP contribution >= 0.6 is 0 Å². The number of esters is 3. The van der Waals surface area contributed by atoms with Crippen molar-refractivity contribution in [2.24, 2.45) is 5.92 Å². The van der Waals surface area contributed by atoms with Crippen LogP contribution in [0.5, 0.6) is 11.5 Å². The number of carbonyl (C=O) groups excluding carboxylic acids is 7. The largest absolute Gasteiger partial charge is 0.514 e. The molecule has 1 N–H and O–H groups in total. The topological polar surface area (TPSA) is 316 Å². The van der Waals surface area contributed by atoms with Gasteiger partial charge in [0.1, 0.15) is 29.3 Å². The zero-order valence-corrected chi connectivity index (χ0v) is 44.3. The standard InChI is InChI=1S/C49H69N3O24/c1-31-39(70-32(2)53)41(71-33(3)54)44(74-40(31)43(56)62-10)73-38-16-11-34(30-68-47(59)72-36-14-12-35(13-15-36)52(60)61)29-37(38)42(55)50-17-18-63-19-20-64-21-22-65-23-24-66-25-26-67-27-28-69-51(45(57)75-48(4,5)6)46(58)76-49(7,8)9/h11-16,29,31,39-41,44H,17-28,30H2,1-10H3,(H,50,55)/t31-,39?,40-,41+,44+/m0/s1.